The van der Waals surface area contributed by atoms with Gasteiger partial charge in [0, 0.05) is 17.6 Å². The summed E-state index contributed by atoms with van der Waals surface area (Å²) in [7, 11) is 0. The maximum absolute atomic E-state index is 13.1. The van der Waals surface area contributed by atoms with Crippen LogP contribution in [0, 0.1) is 0 Å². The third kappa shape index (κ3) is 3.60. The zero-order valence-corrected chi connectivity index (χ0v) is 15.6. The SMILES string of the molecule is CC(C)c1c(C(=O)N2CCCC2CC(=O)O)cnn1-c1cccc(Cl)c1. The standard InChI is InChI=1S/C19H22ClN3O3/c1-12(2)18-16(11-21-23(18)15-6-3-5-13(20)9-15)19(26)22-8-4-7-14(22)10-17(24)25/h3,5-6,9,11-12,14H,4,7-8,10H2,1-2H3,(H,24,25). The highest BCUT2D eigenvalue weighted by Gasteiger charge is 2.33. The van der Waals surface area contributed by atoms with Gasteiger partial charge in [0.2, 0.25) is 0 Å². The van der Waals surface area contributed by atoms with Crippen LogP contribution in [0.5, 0.6) is 0 Å². The van der Waals surface area contributed by atoms with Gasteiger partial charge in [-0.05, 0) is 37.0 Å². The first-order valence-electron chi connectivity index (χ1n) is 8.75. The molecular weight excluding hydrogens is 354 g/mol. The summed E-state index contributed by atoms with van der Waals surface area (Å²) in [6, 6.07) is 7.07. The lowest BCUT2D eigenvalue weighted by Gasteiger charge is -2.24. The van der Waals surface area contributed by atoms with E-state index in [1.54, 1.807) is 27.9 Å². The number of likely N-dealkylation sites (tertiary alicyclic amines) is 1. The van der Waals surface area contributed by atoms with Crippen LogP contribution in [0.15, 0.2) is 30.5 Å². The Kier molecular flexibility index (Phi) is 5.32. The minimum Gasteiger partial charge on any atom is -0.481 e. The van der Waals surface area contributed by atoms with E-state index in [2.05, 4.69) is 5.10 Å². The Morgan fingerprint density at radius 2 is 2.15 bits per heavy atom. The van der Waals surface area contributed by atoms with Crippen LogP contribution in [0.4, 0.5) is 0 Å². The molecule has 3 rings (SSSR count). The van der Waals surface area contributed by atoms with Crippen molar-refractivity contribution in [3.63, 3.8) is 0 Å². The van der Waals surface area contributed by atoms with E-state index >= 15 is 0 Å². The second kappa shape index (κ2) is 7.50. The Hall–Kier alpha value is -2.34. The number of amides is 1. The van der Waals surface area contributed by atoms with Gasteiger partial charge in [0.25, 0.3) is 5.91 Å². The van der Waals surface area contributed by atoms with E-state index in [0.717, 1.165) is 24.2 Å². The highest BCUT2D eigenvalue weighted by Crippen LogP contribution is 2.28. The van der Waals surface area contributed by atoms with Crippen molar-refractivity contribution in [1.29, 1.82) is 0 Å². The van der Waals surface area contributed by atoms with E-state index < -0.39 is 5.97 Å². The number of carboxylic acid groups (broad SMARTS) is 1. The Balaban J connectivity index is 1.98. The van der Waals surface area contributed by atoms with Crippen molar-refractivity contribution in [1.82, 2.24) is 14.7 Å². The smallest absolute Gasteiger partial charge is 0.305 e. The molecule has 138 valence electrons. The van der Waals surface area contributed by atoms with Crippen LogP contribution in [0.25, 0.3) is 5.69 Å². The molecule has 1 unspecified atom stereocenters. The van der Waals surface area contributed by atoms with Crippen molar-refractivity contribution in [3.8, 4) is 5.69 Å². The van der Waals surface area contributed by atoms with E-state index in [9.17, 15) is 9.59 Å². The normalized spacial score (nSPS) is 17.1. The van der Waals surface area contributed by atoms with E-state index in [1.807, 2.05) is 26.0 Å². The number of hydrogen-bond donors (Lipinski definition) is 1. The largest absolute Gasteiger partial charge is 0.481 e. The minimum absolute atomic E-state index is 0.0226. The maximum Gasteiger partial charge on any atom is 0.305 e. The summed E-state index contributed by atoms with van der Waals surface area (Å²) in [5.41, 5.74) is 2.12. The first-order valence-corrected chi connectivity index (χ1v) is 9.13. The van der Waals surface area contributed by atoms with Gasteiger partial charge in [-0.1, -0.05) is 31.5 Å². The van der Waals surface area contributed by atoms with Crippen molar-refractivity contribution in [3.05, 3.63) is 46.7 Å². The van der Waals surface area contributed by atoms with Crippen molar-refractivity contribution in [2.45, 2.75) is 45.1 Å². The number of aromatic nitrogens is 2. The van der Waals surface area contributed by atoms with Crippen LogP contribution >= 0.6 is 11.6 Å². The number of halogens is 1. The van der Waals surface area contributed by atoms with Gasteiger partial charge in [-0.2, -0.15) is 5.10 Å². The topological polar surface area (TPSA) is 75.4 Å². The molecular formula is C19H22ClN3O3. The molecule has 1 atom stereocenters. The summed E-state index contributed by atoms with van der Waals surface area (Å²) >= 11 is 6.10. The molecule has 0 radical (unpaired) electrons. The summed E-state index contributed by atoms with van der Waals surface area (Å²) in [5.74, 6) is -0.963. The molecule has 2 heterocycles. The zero-order chi connectivity index (χ0) is 18.8. The number of rotatable bonds is 5. The van der Waals surface area contributed by atoms with Gasteiger partial charge in [0.15, 0.2) is 0 Å². The average Bonchev–Trinajstić information content (AvgIpc) is 3.20. The molecule has 1 saturated heterocycles. The fourth-order valence-electron chi connectivity index (χ4n) is 3.56. The highest BCUT2D eigenvalue weighted by atomic mass is 35.5. The lowest BCUT2D eigenvalue weighted by molar-refractivity contribution is -0.137. The lowest BCUT2D eigenvalue weighted by atomic mass is 10.0. The van der Waals surface area contributed by atoms with Crippen molar-refractivity contribution in [2.75, 3.05) is 6.54 Å². The molecule has 26 heavy (non-hydrogen) atoms. The van der Waals surface area contributed by atoms with Crippen molar-refractivity contribution >= 4 is 23.5 Å². The van der Waals surface area contributed by atoms with Gasteiger partial charge < -0.3 is 10.0 Å². The predicted molar refractivity (Wildman–Crippen MR) is 99.0 cm³/mol. The number of carbonyl (C=O) groups excluding carboxylic acids is 1. The number of aliphatic carboxylic acids is 1. The number of hydrogen-bond acceptors (Lipinski definition) is 3. The van der Waals surface area contributed by atoms with Gasteiger partial charge >= 0.3 is 5.97 Å². The van der Waals surface area contributed by atoms with E-state index in [0.29, 0.717) is 17.1 Å². The Morgan fingerprint density at radius 3 is 2.81 bits per heavy atom. The third-order valence-electron chi connectivity index (χ3n) is 4.68. The fourth-order valence-corrected chi connectivity index (χ4v) is 3.75. The van der Waals surface area contributed by atoms with E-state index in [1.165, 1.54) is 0 Å². The van der Waals surface area contributed by atoms with Crippen LogP contribution < -0.4 is 0 Å². The molecule has 1 aliphatic rings. The first-order chi connectivity index (χ1) is 12.4. The third-order valence-corrected chi connectivity index (χ3v) is 4.92. The molecule has 6 nitrogen and oxygen atoms in total. The molecule has 1 amide bonds. The number of carboxylic acids is 1. The average molecular weight is 376 g/mol. The molecule has 1 fully saturated rings. The zero-order valence-electron chi connectivity index (χ0n) is 14.9. The number of nitrogens with zero attached hydrogens (tertiary/aromatic N) is 3. The molecule has 0 saturated carbocycles. The van der Waals surface area contributed by atoms with Crippen molar-refractivity contribution in [2.24, 2.45) is 0 Å². The molecule has 1 aliphatic heterocycles. The molecule has 7 heteroatoms. The predicted octanol–water partition coefficient (Wildman–Crippen LogP) is 3.73. The Morgan fingerprint density at radius 1 is 1.38 bits per heavy atom. The molecule has 0 bridgehead atoms. The lowest BCUT2D eigenvalue weighted by Crippen LogP contribution is -2.37. The monoisotopic (exact) mass is 375 g/mol. The molecule has 0 aliphatic carbocycles. The summed E-state index contributed by atoms with van der Waals surface area (Å²) in [6.07, 6.45) is 3.10. The fraction of sp³-hybridized carbons (Fsp3) is 0.421. The number of benzene rings is 1. The maximum atomic E-state index is 13.1. The summed E-state index contributed by atoms with van der Waals surface area (Å²) in [5, 5.41) is 14.1. The van der Waals surface area contributed by atoms with E-state index in [-0.39, 0.29) is 24.3 Å². The molecule has 1 aromatic carbocycles. The molecule has 1 aromatic heterocycles. The van der Waals surface area contributed by atoms with Gasteiger partial charge in [-0.15, -0.1) is 0 Å². The highest BCUT2D eigenvalue weighted by molar-refractivity contribution is 6.30. The second-order valence-corrected chi connectivity index (χ2v) is 7.32. The van der Waals surface area contributed by atoms with Gasteiger partial charge in [-0.3, -0.25) is 9.59 Å². The summed E-state index contributed by atoms with van der Waals surface area (Å²) in [6.45, 7) is 4.60. The van der Waals surface area contributed by atoms with Gasteiger partial charge in [0.1, 0.15) is 0 Å². The van der Waals surface area contributed by atoms with Gasteiger partial charge in [0.05, 0.1) is 29.6 Å². The Labute approximate surface area is 157 Å². The first kappa shape index (κ1) is 18.5. The van der Waals surface area contributed by atoms with Crippen LogP contribution in [0.3, 0.4) is 0 Å². The molecule has 0 spiro atoms. The quantitative estimate of drug-likeness (QED) is 0.863. The summed E-state index contributed by atoms with van der Waals surface area (Å²) < 4.78 is 1.74. The van der Waals surface area contributed by atoms with Crippen LogP contribution in [-0.2, 0) is 4.79 Å². The minimum atomic E-state index is -0.881. The number of carbonyl (C=O) groups is 2. The summed E-state index contributed by atoms with van der Waals surface area (Å²) in [4.78, 5) is 25.9. The second-order valence-electron chi connectivity index (χ2n) is 6.88. The van der Waals surface area contributed by atoms with Crippen molar-refractivity contribution < 1.29 is 14.7 Å². The van der Waals surface area contributed by atoms with Crippen LogP contribution in [-0.4, -0.2) is 44.3 Å². The van der Waals surface area contributed by atoms with Crippen LogP contribution in [0.1, 0.15) is 55.1 Å². The molecule has 2 aromatic rings. The van der Waals surface area contributed by atoms with Gasteiger partial charge in [-0.25, -0.2) is 4.68 Å². The van der Waals surface area contributed by atoms with E-state index in [4.69, 9.17) is 16.7 Å². The molecule has 1 N–H and O–H groups in total. The Bertz CT molecular complexity index is 831. The van der Waals surface area contributed by atoms with Crippen LogP contribution in [0.2, 0.25) is 5.02 Å².